The summed E-state index contributed by atoms with van der Waals surface area (Å²) in [5.41, 5.74) is 1.76. The van der Waals surface area contributed by atoms with Crippen molar-refractivity contribution in [2.75, 3.05) is 13.2 Å². The first-order valence-electron chi connectivity index (χ1n) is 7.36. The molecule has 3 atom stereocenters. The van der Waals surface area contributed by atoms with E-state index in [4.69, 9.17) is 9.47 Å². The van der Waals surface area contributed by atoms with E-state index in [0.29, 0.717) is 18.0 Å². The Labute approximate surface area is 119 Å². The van der Waals surface area contributed by atoms with Crippen LogP contribution in [0, 0.1) is 0 Å². The van der Waals surface area contributed by atoms with Gasteiger partial charge in [0.2, 0.25) is 0 Å². The van der Waals surface area contributed by atoms with Crippen LogP contribution in [0.1, 0.15) is 48.5 Å². The fraction of sp³-hybridized carbons (Fsp3) is 0.562. The molecule has 3 unspecified atom stereocenters. The molecule has 1 saturated heterocycles. The molecular weight excluding hydrogens is 254 g/mol. The van der Waals surface area contributed by atoms with Gasteiger partial charge in [-0.3, -0.25) is 4.79 Å². The lowest BCUT2D eigenvalue weighted by atomic mass is 9.97. The van der Waals surface area contributed by atoms with Gasteiger partial charge in [-0.15, -0.1) is 0 Å². The van der Waals surface area contributed by atoms with Gasteiger partial charge in [-0.25, -0.2) is 0 Å². The first-order chi connectivity index (χ1) is 9.66. The highest BCUT2D eigenvalue weighted by molar-refractivity contribution is 5.97. The second kappa shape index (κ2) is 5.44. The Hall–Kier alpha value is -1.55. The summed E-state index contributed by atoms with van der Waals surface area (Å²) in [5.74, 6) is 1.01. The fourth-order valence-electron chi connectivity index (χ4n) is 2.87. The SMILES string of the molecule is CC1Oc2c(C(=O)NCC3CCCO3)cccc2C1C. The Kier molecular flexibility index (Phi) is 3.66. The van der Waals surface area contributed by atoms with Crippen molar-refractivity contribution in [1.29, 1.82) is 0 Å². The van der Waals surface area contributed by atoms with Crippen molar-refractivity contribution >= 4 is 5.91 Å². The maximum absolute atomic E-state index is 12.3. The van der Waals surface area contributed by atoms with Crippen molar-refractivity contribution in [3.8, 4) is 5.75 Å². The molecule has 0 spiro atoms. The van der Waals surface area contributed by atoms with E-state index in [9.17, 15) is 4.79 Å². The predicted octanol–water partition coefficient (Wildman–Crippen LogP) is 2.48. The van der Waals surface area contributed by atoms with E-state index in [2.05, 4.69) is 12.2 Å². The zero-order chi connectivity index (χ0) is 14.1. The number of nitrogens with one attached hydrogen (secondary N) is 1. The fourth-order valence-corrected chi connectivity index (χ4v) is 2.87. The largest absolute Gasteiger partial charge is 0.489 e. The molecule has 1 aromatic carbocycles. The monoisotopic (exact) mass is 275 g/mol. The summed E-state index contributed by atoms with van der Waals surface area (Å²) < 4.78 is 11.4. The number of hydrogen-bond acceptors (Lipinski definition) is 3. The topological polar surface area (TPSA) is 47.6 Å². The number of hydrogen-bond donors (Lipinski definition) is 1. The van der Waals surface area contributed by atoms with Gasteiger partial charge in [-0.1, -0.05) is 19.1 Å². The smallest absolute Gasteiger partial charge is 0.255 e. The van der Waals surface area contributed by atoms with E-state index >= 15 is 0 Å². The van der Waals surface area contributed by atoms with Crippen LogP contribution in [0.25, 0.3) is 0 Å². The maximum atomic E-state index is 12.3. The normalized spacial score (nSPS) is 28.0. The van der Waals surface area contributed by atoms with E-state index in [0.717, 1.165) is 30.8 Å². The first kappa shape index (κ1) is 13.4. The molecule has 2 aliphatic heterocycles. The zero-order valence-corrected chi connectivity index (χ0v) is 12.0. The zero-order valence-electron chi connectivity index (χ0n) is 12.0. The average Bonchev–Trinajstić information content (AvgIpc) is 3.06. The Bertz CT molecular complexity index is 508. The van der Waals surface area contributed by atoms with Crippen LogP contribution >= 0.6 is 0 Å². The molecule has 1 N–H and O–H groups in total. The molecule has 2 aliphatic rings. The molecule has 0 bridgehead atoms. The Balaban J connectivity index is 1.72. The molecule has 0 aliphatic carbocycles. The van der Waals surface area contributed by atoms with Gasteiger partial charge >= 0.3 is 0 Å². The van der Waals surface area contributed by atoms with E-state index in [-0.39, 0.29) is 18.1 Å². The van der Waals surface area contributed by atoms with Gasteiger partial charge in [0.25, 0.3) is 5.91 Å². The van der Waals surface area contributed by atoms with Gasteiger partial charge in [-0.05, 0) is 25.8 Å². The van der Waals surface area contributed by atoms with Crippen molar-refractivity contribution in [1.82, 2.24) is 5.32 Å². The van der Waals surface area contributed by atoms with Crippen LogP contribution in [0.4, 0.5) is 0 Å². The minimum absolute atomic E-state index is 0.0707. The number of ether oxygens (including phenoxy) is 2. The van der Waals surface area contributed by atoms with Gasteiger partial charge < -0.3 is 14.8 Å². The third-order valence-electron chi connectivity index (χ3n) is 4.30. The molecule has 4 nitrogen and oxygen atoms in total. The van der Waals surface area contributed by atoms with Crippen LogP contribution in [0.15, 0.2) is 18.2 Å². The summed E-state index contributed by atoms with van der Waals surface area (Å²) in [5, 5.41) is 2.96. The number of fused-ring (bicyclic) bond motifs is 1. The van der Waals surface area contributed by atoms with Crippen molar-refractivity contribution in [2.45, 2.75) is 44.8 Å². The molecule has 0 saturated carbocycles. The number of benzene rings is 1. The number of carbonyl (C=O) groups is 1. The quantitative estimate of drug-likeness (QED) is 0.922. The van der Waals surface area contributed by atoms with Crippen LogP contribution in [0.3, 0.4) is 0 Å². The lowest BCUT2D eigenvalue weighted by Gasteiger charge is -2.12. The summed E-state index contributed by atoms with van der Waals surface area (Å²) in [6.45, 7) is 5.55. The summed E-state index contributed by atoms with van der Waals surface area (Å²) in [4.78, 5) is 12.3. The van der Waals surface area contributed by atoms with Gasteiger partial charge in [0, 0.05) is 24.6 Å². The minimum atomic E-state index is -0.0707. The molecule has 1 fully saturated rings. The second-order valence-corrected chi connectivity index (χ2v) is 5.68. The molecule has 0 radical (unpaired) electrons. The first-order valence-corrected chi connectivity index (χ1v) is 7.36. The maximum Gasteiger partial charge on any atom is 0.255 e. The highest BCUT2D eigenvalue weighted by Gasteiger charge is 2.31. The number of rotatable bonds is 3. The lowest BCUT2D eigenvalue weighted by molar-refractivity contribution is 0.0854. The lowest BCUT2D eigenvalue weighted by Crippen LogP contribution is -2.32. The number of para-hydroxylation sites is 1. The van der Waals surface area contributed by atoms with Crippen molar-refractivity contribution in [3.63, 3.8) is 0 Å². The van der Waals surface area contributed by atoms with Gasteiger partial charge in [0.1, 0.15) is 11.9 Å². The van der Waals surface area contributed by atoms with E-state index in [1.807, 2.05) is 25.1 Å². The molecular formula is C16H21NO3. The van der Waals surface area contributed by atoms with Gasteiger partial charge in [-0.2, -0.15) is 0 Å². The van der Waals surface area contributed by atoms with Crippen LogP contribution in [-0.4, -0.2) is 31.3 Å². The summed E-state index contributed by atoms with van der Waals surface area (Å²) in [6.07, 6.45) is 2.39. The third-order valence-corrected chi connectivity index (χ3v) is 4.30. The number of amides is 1. The van der Waals surface area contributed by atoms with Crippen molar-refractivity contribution in [3.05, 3.63) is 29.3 Å². The highest BCUT2D eigenvalue weighted by Crippen LogP contribution is 2.40. The average molecular weight is 275 g/mol. The Morgan fingerprint density at radius 1 is 1.40 bits per heavy atom. The van der Waals surface area contributed by atoms with Crippen LogP contribution < -0.4 is 10.1 Å². The predicted molar refractivity (Wildman–Crippen MR) is 76.3 cm³/mol. The van der Waals surface area contributed by atoms with Gasteiger partial charge in [0.15, 0.2) is 0 Å². The number of carbonyl (C=O) groups excluding carboxylic acids is 1. The van der Waals surface area contributed by atoms with Crippen LogP contribution in [0.5, 0.6) is 5.75 Å². The summed E-state index contributed by atoms with van der Waals surface area (Å²) >= 11 is 0. The highest BCUT2D eigenvalue weighted by atomic mass is 16.5. The van der Waals surface area contributed by atoms with Crippen LogP contribution in [0.2, 0.25) is 0 Å². The van der Waals surface area contributed by atoms with E-state index in [1.165, 1.54) is 0 Å². The Morgan fingerprint density at radius 3 is 3.00 bits per heavy atom. The Morgan fingerprint density at radius 2 is 2.25 bits per heavy atom. The summed E-state index contributed by atoms with van der Waals surface area (Å²) in [7, 11) is 0. The van der Waals surface area contributed by atoms with E-state index < -0.39 is 0 Å². The molecule has 20 heavy (non-hydrogen) atoms. The molecule has 4 heteroatoms. The minimum Gasteiger partial charge on any atom is -0.489 e. The van der Waals surface area contributed by atoms with Crippen molar-refractivity contribution in [2.24, 2.45) is 0 Å². The molecule has 1 amide bonds. The third kappa shape index (κ3) is 2.40. The molecule has 2 heterocycles. The van der Waals surface area contributed by atoms with E-state index in [1.54, 1.807) is 0 Å². The molecule has 3 rings (SSSR count). The van der Waals surface area contributed by atoms with Gasteiger partial charge in [0.05, 0.1) is 11.7 Å². The standard InChI is InChI=1S/C16H21NO3/c1-10-11(2)20-15-13(10)6-3-7-14(15)16(18)17-9-12-5-4-8-19-12/h3,6-7,10-12H,4-5,8-9H2,1-2H3,(H,17,18). The molecule has 1 aromatic rings. The van der Waals surface area contributed by atoms with Crippen molar-refractivity contribution < 1.29 is 14.3 Å². The van der Waals surface area contributed by atoms with Crippen LogP contribution in [-0.2, 0) is 4.74 Å². The second-order valence-electron chi connectivity index (χ2n) is 5.68. The molecule has 108 valence electrons. The summed E-state index contributed by atoms with van der Waals surface area (Å²) in [6, 6.07) is 5.80. The molecule has 0 aromatic heterocycles.